The summed E-state index contributed by atoms with van der Waals surface area (Å²) in [6.45, 7) is 0.219. The molecule has 0 spiro atoms. The van der Waals surface area contributed by atoms with Gasteiger partial charge in [0.05, 0.1) is 30.9 Å². The fourth-order valence-electron chi connectivity index (χ4n) is 1.89. The highest BCUT2D eigenvalue weighted by atomic mass is 32.2. The average Bonchev–Trinajstić information content (AvgIpc) is 2.47. The topological polar surface area (TPSA) is 95.2 Å². The predicted octanol–water partition coefficient (Wildman–Crippen LogP) is -0.543. The maximum atomic E-state index is 11.6. The smallest absolute Gasteiger partial charge is 0.219 e. The average molecular weight is 257 g/mol. The normalized spacial score (nSPS) is 18.2. The number of sulfone groups is 1. The van der Waals surface area contributed by atoms with Gasteiger partial charge < -0.3 is 10.5 Å². The van der Waals surface area contributed by atoms with Gasteiger partial charge in [-0.25, -0.2) is 13.4 Å². The van der Waals surface area contributed by atoms with Crippen LogP contribution in [0.2, 0.25) is 0 Å². The van der Waals surface area contributed by atoms with Crippen molar-refractivity contribution in [1.82, 2.24) is 9.97 Å². The lowest BCUT2D eigenvalue weighted by Crippen LogP contribution is -2.11. The van der Waals surface area contributed by atoms with E-state index in [0.29, 0.717) is 24.5 Å². The van der Waals surface area contributed by atoms with Crippen molar-refractivity contribution in [1.29, 1.82) is 0 Å². The molecule has 1 aliphatic rings. The van der Waals surface area contributed by atoms with E-state index in [-0.39, 0.29) is 18.1 Å². The molecule has 0 aromatic carbocycles. The van der Waals surface area contributed by atoms with Gasteiger partial charge in [0, 0.05) is 12.0 Å². The van der Waals surface area contributed by atoms with E-state index in [1.54, 1.807) is 0 Å². The van der Waals surface area contributed by atoms with Gasteiger partial charge in [0.1, 0.15) is 5.82 Å². The molecule has 0 amide bonds. The summed E-state index contributed by atoms with van der Waals surface area (Å²) in [5.41, 5.74) is 7.05. The highest BCUT2D eigenvalue weighted by Gasteiger charge is 2.23. The Kier molecular flexibility index (Phi) is 3.30. The molecule has 94 valence electrons. The van der Waals surface area contributed by atoms with Gasteiger partial charge in [0.2, 0.25) is 5.88 Å². The van der Waals surface area contributed by atoms with Crippen molar-refractivity contribution in [3.63, 3.8) is 0 Å². The van der Waals surface area contributed by atoms with E-state index >= 15 is 0 Å². The molecule has 1 aromatic heterocycles. The number of nitrogens with zero attached hydrogens (tertiary/aromatic N) is 2. The van der Waals surface area contributed by atoms with Crippen LogP contribution in [0.25, 0.3) is 0 Å². The summed E-state index contributed by atoms with van der Waals surface area (Å²) >= 11 is 0. The standard InChI is InChI=1S/C10H15N3O3S/c1-16-10-7-2-4-17(14,15)5-3-8(7)12-9(6-11)13-10/h2-6,11H2,1H3. The second kappa shape index (κ2) is 4.58. The minimum atomic E-state index is -2.99. The van der Waals surface area contributed by atoms with Crippen LogP contribution in [0.4, 0.5) is 0 Å². The molecule has 2 N–H and O–H groups in total. The second-order valence-corrected chi connectivity index (χ2v) is 6.23. The molecule has 0 saturated carbocycles. The van der Waals surface area contributed by atoms with Crippen LogP contribution in [0.3, 0.4) is 0 Å². The zero-order valence-corrected chi connectivity index (χ0v) is 10.5. The molecule has 2 rings (SSSR count). The molecule has 0 fully saturated rings. The summed E-state index contributed by atoms with van der Waals surface area (Å²) in [6.07, 6.45) is 0.815. The Hall–Kier alpha value is -1.21. The Labute approximate surface area is 100 Å². The van der Waals surface area contributed by atoms with Crippen LogP contribution >= 0.6 is 0 Å². The fraction of sp³-hybridized carbons (Fsp3) is 0.600. The lowest BCUT2D eigenvalue weighted by Gasteiger charge is -2.10. The van der Waals surface area contributed by atoms with Crippen molar-refractivity contribution in [2.24, 2.45) is 5.73 Å². The second-order valence-electron chi connectivity index (χ2n) is 3.93. The van der Waals surface area contributed by atoms with Gasteiger partial charge in [-0.05, 0) is 6.42 Å². The molecular formula is C10H15N3O3S. The van der Waals surface area contributed by atoms with Crippen LogP contribution in [-0.4, -0.2) is 37.0 Å². The van der Waals surface area contributed by atoms with Crippen LogP contribution in [0.5, 0.6) is 5.88 Å². The van der Waals surface area contributed by atoms with E-state index in [4.69, 9.17) is 10.5 Å². The van der Waals surface area contributed by atoms with Gasteiger partial charge in [-0.2, -0.15) is 4.98 Å². The third-order valence-corrected chi connectivity index (χ3v) is 4.44. The van der Waals surface area contributed by atoms with Gasteiger partial charge >= 0.3 is 0 Å². The first kappa shape index (κ1) is 12.3. The molecule has 0 aliphatic carbocycles. The van der Waals surface area contributed by atoms with E-state index in [2.05, 4.69) is 9.97 Å². The number of ether oxygens (including phenoxy) is 1. The summed E-state index contributed by atoms with van der Waals surface area (Å²) in [5, 5.41) is 0. The Balaban J connectivity index is 2.48. The summed E-state index contributed by atoms with van der Waals surface area (Å²) in [6, 6.07) is 0. The number of rotatable bonds is 2. The van der Waals surface area contributed by atoms with E-state index < -0.39 is 9.84 Å². The number of hydrogen-bond acceptors (Lipinski definition) is 6. The van der Waals surface area contributed by atoms with Gasteiger partial charge in [-0.3, -0.25) is 0 Å². The molecule has 7 heteroatoms. The van der Waals surface area contributed by atoms with Gasteiger partial charge in [-0.15, -0.1) is 0 Å². The quantitative estimate of drug-likeness (QED) is 0.764. The lowest BCUT2D eigenvalue weighted by atomic mass is 10.1. The lowest BCUT2D eigenvalue weighted by molar-refractivity contribution is 0.388. The summed E-state index contributed by atoms with van der Waals surface area (Å²) in [7, 11) is -1.47. The zero-order valence-electron chi connectivity index (χ0n) is 9.64. The number of hydrogen-bond donors (Lipinski definition) is 1. The van der Waals surface area contributed by atoms with Crippen LogP contribution in [-0.2, 0) is 29.2 Å². The zero-order chi connectivity index (χ0) is 12.5. The van der Waals surface area contributed by atoms with Crippen molar-refractivity contribution < 1.29 is 13.2 Å². The van der Waals surface area contributed by atoms with Crippen LogP contribution in [0, 0.1) is 0 Å². The van der Waals surface area contributed by atoms with Crippen LogP contribution in [0.15, 0.2) is 0 Å². The molecule has 0 atom stereocenters. The maximum Gasteiger partial charge on any atom is 0.219 e. The molecule has 0 unspecified atom stereocenters. The molecule has 17 heavy (non-hydrogen) atoms. The van der Waals surface area contributed by atoms with E-state index in [1.165, 1.54) is 7.11 Å². The number of methoxy groups -OCH3 is 1. The first-order chi connectivity index (χ1) is 8.05. The van der Waals surface area contributed by atoms with Gasteiger partial charge in [0.25, 0.3) is 0 Å². The molecular weight excluding hydrogens is 242 g/mol. The Morgan fingerprint density at radius 2 is 2.00 bits per heavy atom. The molecule has 0 bridgehead atoms. The summed E-state index contributed by atoms with van der Waals surface area (Å²) in [4.78, 5) is 8.44. The SMILES string of the molecule is COc1nc(CN)nc2c1CCS(=O)(=O)CC2. The van der Waals surface area contributed by atoms with E-state index in [9.17, 15) is 8.42 Å². The first-order valence-electron chi connectivity index (χ1n) is 5.39. The Morgan fingerprint density at radius 1 is 1.29 bits per heavy atom. The number of aromatic nitrogens is 2. The first-order valence-corrected chi connectivity index (χ1v) is 7.21. The van der Waals surface area contributed by atoms with Crippen molar-refractivity contribution in [2.75, 3.05) is 18.6 Å². The molecule has 0 radical (unpaired) electrons. The molecule has 1 aromatic rings. The van der Waals surface area contributed by atoms with Crippen LogP contribution < -0.4 is 10.5 Å². The number of nitrogens with two attached hydrogens (primary N) is 1. The minimum absolute atomic E-state index is 0.127. The minimum Gasteiger partial charge on any atom is -0.481 e. The van der Waals surface area contributed by atoms with E-state index in [1.807, 2.05) is 0 Å². The third-order valence-electron chi connectivity index (χ3n) is 2.79. The van der Waals surface area contributed by atoms with E-state index in [0.717, 1.165) is 11.3 Å². The molecule has 6 nitrogen and oxygen atoms in total. The van der Waals surface area contributed by atoms with Crippen molar-refractivity contribution >= 4 is 9.84 Å². The Bertz CT molecular complexity index is 528. The van der Waals surface area contributed by atoms with Gasteiger partial charge in [0.15, 0.2) is 9.84 Å². The predicted molar refractivity (Wildman–Crippen MR) is 62.5 cm³/mol. The fourth-order valence-corrected chi connectivity index (χ4v) is 3.11. The number of aryl methyl sites for hydroxylation is 1. The highest BCUT2D eigenvalue weighted by molar-refractivity contribution is 7.91. The van der Waals surface area contributed by atoms with Crippen molar-refractivity contribution in [3.8, 4) is 5.88 Å². The summed E-state index contributed by atoms with van der Waals surface area (Å²) in [5.74, 6) is 1.19. The summed E-state index contributed by atoms with van der Waals surface area (Å²) < 4.78 is 28.3. The monoisotopic (exact) mass is 257 g/mol. The van der Waals surface area contributed by atoms with Crippen molar-refractivity contribution in [3.05, 3.63) is 17.1 Å². The third kappa shape index (κ3) is 2.55. The van der Waals surface area contributed by atoms with Gasteiger partial charge in [-0.1, -0.05) is 0 Å². The Morgan fingerprint density at radius 3 is 2.65 bits per heavy atom. The van der Waals surface area contributed by atoms with Crippen molar-refractivity contribution in [2.45, 2.75) is 19.4 Å². The maximum absolute atomic E-state index is 11.6. The molecule has 2 heterocycles. The molecule has 1 aliphatic heterocycles. The molecule has 0 saturated heterocycles. The largest absolute Gasteiger partial charge is 0.481 e. The number of fused-ring (bicyclic) bond motifs is 1. The highest BCUT2D eigenvalue weighted by Crippen LogP contribution is 2.23. The van der Waals surface area contributed by atoms with Crippen LogP contribution in [0.1, 0.15) is 17.1 Å².